The highest BCUT2D eigenvalue weighted by molar-refractivity contribution is 5.90. The molecule has 0 radical (unpaired) electrons. The van der Waals surface area contributed by atoms with Gasteiger partial charge in [0.1, 0.15) is 6.04 Å². The van der Waals surface area contributed by atoms with Gasteiger partial charge in [-0.3, -0.25) is 4.79 Å². The molecule has 2 aliphatic rings. The third kappa shape index (κ3) is 4.33. The molecule has 1 amide bonds. The molecule has 6 heteroatoms. The molecule has 1 aliphatic carbocycles. The van der Waals surface area contributed by atoms with Crippen molar-refractivity contribution in [2.24, 2.45) is 11.3 Å². The standard InChI is InChI=1S/C21H30N2O4/c1-14(2)17(19(24)26-3)23-20(25)21(10-11-21)18-16(9-12-22-18)27-13-15-7-5-4-6-8-15/h4-8,14,16-18,22H,9-13H2,1-3H3,(H,23,25)/t16-,17-,18-/m0/s1. The van der Waals surface area contributed by atoms with Crippen LogP contribution in [-0.2, 0) is 25.7 Å². The highest BCUT2D eigenvalue weighted by atomic mass is 16.5. The van der Waals surface area contributed by atoms with E-state index in [1.165, 1.54) is 7.11 Å². The smallest absolute Gasteiger partial charge is 0.328 e. The first-order valence-electron chi connectivity index (χ1n) is 9.75. The van der Waals surface area contributed by atoms with E-state index in [0.29, 0.717) is 6.61 Å². The number of esters is 1. The van der Waals surface area contributed by atoms with Crippen LogP contribution >= 0.6 is 0 Å². The number of benzene rings is 1. The van der Waals surface area contributed by atoms with Crippen molar-refractivity contribution in [3.63, 3.8) is 0 Å². The van der Waals surface area contributed by atoms with Gasteiger partial charge in [-0.05, 0) is 37.3 Å². The first-order valence-corrected chi connectivity index (χ1v) is 9.75. The van der Waals surface area contributed by atoms with Gasteiger partial charge in [-0.25, -0.2) is 4.79 Å². The van der Waals surface area contributed by atoms with Crippen LogP contribution in [0.1, 0.15) is 38.7 Å². The van der Waals surface area contributed by atoms with Gasteiger partial charge in [-0.15, -0.1) is 0 Å². The Labute approximate surface area is 161 Å². The Balaban J connectivity index is 1.64. The average Bonchev–Trinajstić information content (AvgIpc) is 3.35. The monoisotopic (exact) mass is 374 g/mol. The van der Waals surface area contributed by atoms with Gasteiger partial charge in [0.25, 0.3) is 0 Å². The molecule has 3 atom stereocenters. The molecule has 1 aromatic rings. The lowest BCUT2D eigenvalue weighted by atomic mass is 9.91. The molecule has 0 aromatic heterocycles. The molecule has 0 unspecified atom stereocenters. The second-order valence-corrected chi connectivity index (χ2v) is 7.93. The molecule has 2 fully saturated rings. The Morgan fingerprint density at radius 3 is 2.56 bits per heavy atom. The van der Waals surface area contributed by atoms with Crippen LogP contribution in [0.3, 0.4) is 0 Å². The van der Waals surface area contributed by atoms with Gasteiger partial charge in [0.2, 0.25) is 5.91 Å². The van der Waals surface area contributed by atoms with Crippen LogP contribution in [0.15, 0.2) is 30.3 Å². The number of nitrogens with one attached hydrogen (secondary N) is 2. The van der Waals surface area contributed by atoms with E-state index in [-0.39, 0.29) is 24.0 Å². The summed E-state index contributed by atoms with van der Waals surface area (Å²) in [6.45, 7) is 5.18. The van der Waals surface area contributed by atoms with Crippen molar-refractivity contribution in [1.29, 1.82) is 0 Å². The van der Waals surface area contributed by atoms with E-state index in [9.17, 15) is 9.59 Å². The van der Waals surface area contributed by atoms with Crippen molar-refractivity contribution < 1.29 is 19.1 Å². The minimum atomic E-state index is -0.620. The summed E-state index contributed by atoms with van der Waals surface area (Å²) in [6, 6.07) is 9.42. The quantitative estimate of drug-likeness (QED) is 0.681. The lowest BCUT2D eigenvalue weighted by molar-refractivity contribution is -0.147. The van der Waals surface area contributed by atoms with Gasteiger partial charge >= 0.3 is 5.97 Å². The molecule has 1 saturated heterocycles. The maximum absolute atomic E-state index is 13.1. The Kier molecular flexibility index (Phi) is 6.17. The molecular formula is C21H30N2O4. The molecule has 1 aromatic carbocycles. The first-order chi connectivity index (χ1) is 13.0. The van der Waals surface area contributed by atoms with Crippen LogP contribution in [0.25, 0.3) is 0 Å². The number of hydrogen-bond acceptors (Lipinski definition) is 5. The van der Waals surface area contributed by atoms with Crippen molar-refractivity contribution in [3.8, 4) is 0 Å². The normalized spacial score (nSPS) is 24.4. The van der Waals surface area contributed by atoms with Crippen LogP contribution in [0.2, 0.25) is 0 Å². The summed E-state index contributed by atoms with van der Waals surface area (Å²) in [4.78, 5) is 25.1. The van der Waals surface area contributed by atoms with Crippen molar-refractivity contribution in [2.75, 3.05) is 13.7 Å². The van der Waals surface area contributed by atoms with E-state index in [0.717, 1.165) is 31.4 Å². The van der Waals surface area contributed by atoms with Crippen LogP contribution in [0.4, 0.5) is 0 Å². The van der Waals surface area contributed by atoms with Gasteiger partial charge in [0.05, 0.1) is 25.2 Å². The van der Waals surface area contributed by atoms with Crippen molar-refractivity contribution in [3.05, 3.63) is 35.9 Å². The van der Waals surface area contributed by atoms with Crippen molar-refractivity contribution in [1.82, 2.24) is 10.6 Å². The van der Waals surface area contributed by atoms with Crippen molar-refractivity contribution >= 4 is 11.9 Å². The average molecular weight is 374 g/mol. The van der Waals surface area contributed by atoms with Gasteiger partial charge < -0.3 is 20.1 Å². The van der Waals surface area contributed by atoms with Crippen LogP contribution < -0.4 is 10.6 Å². The molecule has 1 aliphatic heterocycles. The number of rotatable bonds is 8. The van der Waals surface area contributed by atoms with Crippen LogP contribution in [0.5, 0.6) is 0 Å². The van der Waals surface area contributed by atoms with Gasteiger partial charge in [0, 0.05) is 6.04 Å². The zero-order valence-electron chi connectivity index (χ0n) is 16.4. The molecule has 148 valence electrons. The fourth-order valence-electron chi connectivity index (χ4n) is 3.91. The lowest BCUT2D eigenvalue weighted by Crippen LogP contribution is -2.53. The minimum absolute atomic E-state index is 0.00548. The largest absolute Gasteiger partial charge is 0.467 e. The molecule has 6 nitrogen and oxygen atoms in total. The molecule has 0 bridgehead atoms. The summed E-state index contributed by atoms with van der Waals surface area (Å²) in [5.41, 5.74) is 0.641. The van der Waals surface area contributed by atoms with E-state index >= 15 is 0 Å². The maximum atomic E-state index is 13.1. The van der Waals surface area contributed by atoms with Crippen LogP contribution in [0, 0.1) is 11.3 Å². The van der Waals surface area contributed by atoms with E-state index < -0.39 is 17.4 Å². The Hall–Kier alpha value is -1.92. The number of carbonyl (C=O) groups excluding carboxylic acids is 2. The number of ether oxygens (including phenoxy) is 2. The molecule has 27 heavy (non-hydrogen) atoms. The second-order valence-electron chi connectivity index (χ2n) is 7.93. The molecule has 0 spiro atoms. The van der Waals surface area contributed by atoms with E-state index in [4.69, 9.17) is 9.47 Å². The second kappa shape index (κ2) is 8.40. The highest BCUT2D eigenvalue weighted by Gasteiger charge is 2.59. The fraction of sp³-hybridized carbons (Fsp3) is 0.619. The SMILES string of the molecule is COC(=O)[C@@H](NC(=O)C1([C@H]2NCC[C@@H]2OCc2ccccc2)CC1)C(C)C. The molecule has 2 N–H and O–H groups in total. The zero-order chi connectivity index (χ0) is 19.4. The number of carbonyl (C=O) groups is 2. The summed E-state index contributed by atoms with van der Waals surface area (Å²) >= 11 is 0. The number of hydrogen-bond donors (Lipinski definition) is 2. The van der Waals surface area contributed by atoms with E-state index in [1.54, 1.807) is 0 Å². The van der Waals surface area contributed by atoms with Crippen LogP contribution in [-0.4, -0.2) is 43.7 Å². The van der Waals surface area contributed by atoms with E-state index in [1.807, 2.05) is 44.2 Å². The molecule has 1 saturated carbocycles. The Bertz CT molecular complexity index is 657. The molecule has 1 heterocycles. The number of amides is 1. The summed E-state index contributed by atoms with van der Waals surface area (Å²) in [7, 11) is 1.35. The summed E-state index contributed by atoms with van der Waals surface area (Å²) in [5, 5.41) is 6.40. The maximum Gasteiger partial charge on any atom is 0.328 e. The first kappa shape index (κ1) is 19.8. The van der Waals surface area contributed by atoms with Crippen molar-refractivity contribution in [2.45, 2.75) is 57.9 Å². The third-order valence-corrected chi connectivity index (χ3v) is 5.72. The molecule has 3 rings (SSSR count). The Morgan fingerprint density at radius 2 is 1.96 bits per heavy atom. The van der Waals surface area contributed by atoms with Gasteiger partial charge in [-0.2, -0.15) is 0 Å². The van der Waals surface area contributed by atoms with Gasteiger partial charge in [-0.1, -0.05) is 44.2 Å². The predicted molar refractivity (Wildman–Crippen MR) is 102 cm³/mol. The minimum Gasteiger partial charge on any atom is -0.467 e. The molecular weight excluding hydrogens is 344 g/mol. The number of methoxy groups -OCH3 is 1. The topological polar surface area (TPSA) is 76.7 Å². The zero-order valence-corrected chi connectivity index (χ0v) is 16.4. The fourth-order valence-corrected chi connectivity index (χ4v) is 3.91. The predicted octanol–water partition coefficient (Wildman–Crippen LogP) is 2.03. The summed E-state index contributed by atoms with van der Waals surface area (Å²) < 4.78 is 11.0. The summed E-state index contributed by atoms with van der Waals surface area (Å²) in [5.74, 6) is -0.497. The summed E-state index contributed by atoms with van der Waals surface area (Å²) in [6.07, 6.45) is 2.51. The highest BCUT2D eigenvalue weighted by Crippen LogP contribution is 2.52. The Morgan fingerprint density at radius 1 is 1.26 bits per heavy atom. The third-order valence-electron chi connectivity index (χ3n) is 5.72. The van der Waals surface area contributed by atoms with E-state index in [2.05, 4.69) is 10.6 Å². The van der Waals surface area contributed by atoms with Gasteiger partial charge in [0.15, 0.2) is 0 Å². The lowest BCUT2D eigenvalue weighted by Gasteiger charge is -2.30.